The van der Waals surface area contributed by atoms with Gasteiger partial charge in [0.25, 0.3) is 0 Å². The number of hydrogen-bond donors (Lipinski definition) is 2. The van der Waals surface area contributed by atoms with Gasteiger partial charge in [0.15, 0.2) is 0 Å². The summed E-state index contributed by atoms with van der Waals surface area (Å²) in [6, 6.07) is 1.59. The summed E-state index contributed by atoms with van der Waals surface area (Å²) < 4.78 is 38.1. The average Bonchev–Trinajstić information content (AvgIpc) is 3.07. The van der Waals surface area contributed by atoms with Crippen LogP contribution >= 0.6 is 0 Å². The van der Waals surface area contributed by atoms with Gasteiger partial charge in [0.05, 0.1) is 12.6 Å². The number of aryl methyl sites for hydroxylation is 1. The van der Waals surface area contributed by atoms with E-state index in [1.54, 1.807) is 13.0 Å². The van der Waals surface area contributed by atoms with E-state index in [0.29, 0.717) is 31.2 Å². The Balaban J connectivity index is 1.97. The van der Waals surface area contributed by atoms with E-state index in [0.717, 1.165) is 25.8 Å². The van der Waals surface area contributed by atoms with Crippen LogP contribution in [0.15, 0.2) is 15.4 Å². The molecule has 0 radical (unpaired) electrons. The van der Waals surface area contributed by atoms with Crippen LogP contribution < -0.4 is 10.0 Å². The Bertz CT molecular complexity index is 547. The third-order valence-electron chi connectivity index (χ3n) is 3.46. The summed E-state index contributed by atoms with van der Waals surface area (Å²) in [6.45, 7) is 6.19. The number of hydrogen-bond acceptors (Lipinski definition) is 5. The maximum Gasteiger partial charge on any atom is 0.244 e. The van der Waals surface area contributed by atoms with Crippen molar-refractivity contribution >= 4 is 10.0 Å². The second-order valence-corrected chi connectivity index (χ2v) is 7.03. The molecule has 1 aliphatic rings. The van der Waals surface area contributed by atoms with E-state index in [9.17, 15) is 8.42 Å². The van der Waals surface area contributed by atoms with Crippen molar-refractivity contribution in [3.05, 3.63) is 17.6 Å². The highest BCUT2D eigenvalue weighted by atomic mass is 32.2. The van der Waals surface area contributed by atoms with Crippen LogP contribution in [0.3, 0.4) is 0 Å². The first-order valence-electron chi connectivity index (χ1n) is 7.44. The van der Waals surface area contributed by atoms with Gasteiger partial charge in [0, 0.05) is 19.2 Å². The van der Waals surface area contributed by atoms with Gasteiger partial charge in [-0.05, 0) is 32.7 Å². The zero-order valence-corrected chi connectivity index (χ0v) is 13.5. The third-order valence-corrected chi connectivity index (χ3v) is 4.99. The summed E-state index contributed by atoms with van der Waals surface area (Å²) in [5.74, 6) is 1.06. The second kappa shape index (κ2) is 7.40. The van der Waals surface area contributed by atoms with Crippen molar-refractivity contribution < 1.29 is 17.6 Å². The van der Waals surface area contributed by atoms with Crippen LogP contribution in [0.5, 0.6) is 0 Å². The molecule has 0 bridgehead atoms. The van der Waals surface area contributed by atoms with Crippen LogP contribution in [-0.4, -0.2) is 34.2 Å². The normalized spacial score (nSPS) is 19.2. The Morgan fingerprint density at radius 2 is 2.24 bits per heavy atom. The molecule has 7 heteroatoms. The third kappa shape index (κ3) is 4.54. The van der Waals surface area contributed by atoms with Crippen molar-refractivity contribution in [2.75, 3.05) is 19.7 Å². The maximum absolute atomic E-state index is 12.3. The highest BCUT2D eigenvalue weighted by molar-refractivity contribution is 7.89. The van der Waals surface area contributed by atoms with Crippen LogP contribution in [0, 0.1) is 6.92 Å². The Kier molecular flexibility index (Phi) is 5.80. The molecule has 1 aromatic heterocycles. The first-order valence-corrected chi connectivity index (χ1v) is 8.92. The van der Waals surface area contributed by atoms with Gasteiger partial charge in [0.2, 0.25) is 10.0 Å². The Morgan fingerprint density at radius 3 is 2.90 bits per heavy atom. The highest BCUT2D eigenvalue weighted by Crippen LogP contribution is 2.20. The molecule has 1 aliphatic heterocycles. The maximum atomic E-state index is 12.3. The van der Waals surface area contributed by atoms with E-state index in [1.807, 2.05) is 0 Å². The molecule has 0 amide bonds. The van der Waals surface area contributed by atoms with E-state index in [4.69, 9.17) is 9.15 Å². The van der Waals surface area contributed by atoms with E-state index in [2.05, 4.69) is 17.0 Å². The zero-order chi connectivity index (χ0) is 15.3. The fraction of sp³-hybridized carbons (Fsp3) is 0.714. The van der Waals surface area contributed by atoms with Gasteiger partial charge in [-0.15, -0.1) is 0 Å². The van der Waals surface area contributed by atoms with Crippen LogP contribution in [-0.2, 0) is 21.3 Å². The molecule has 2 heterocycles. The van der Waals surface area contributed by atoms with Gasteiger partial charge in [-0.25, -0.2) is 13.1 Å². The molecular weight excluding hydrogens is 292 g/mol. The molecule has 0 spiro atoms. The molecule has 0 saturated carbocycles. The van der Waals surface area contributed by atoms with E-state index < -0.39 is 10.0 Å². The lowest BCUT2D eigenvalue weighted by atomic mass is 10.2. The predicted molar refractivity (Wildman–Crippen MR) is 79.6 cm³/mol. The minimum absolute atomic E-state index is 0.0160. The zero-order valence-electron chi connectivity index (χ0n) is 12.6. The first kappa shape index (κ1) is 16.5. The van der Waals surface area contributed by atoms with Gasteiger partial charge in [-0.2, -0.15) is 0 Å². The van der Waals surface area contributed by atoms with Gasteiger partial charge >= 0.3 is 0 Å². The molecule has 0 aromatic carbocycles. The monoisotopic (exact) mass is 316 g/mol. The van der Waals surface area contributed by atoms with Gasteiger partial charge in [0.1, 0.15) is 16.4 Å². The average molecular weight is 316 g/mol. The van der Waals surface area contributed by atoms with Crippen molar-refractivity contribution in [3.8, 4) is 0 Å². The van der Waals surface area contributed by atoms with Crippen LogP contribution in [0.25, 0.3) is 0 Å². The topological polar surface area (TPSA) is 80.6 Å². The number of ether oxygens (including phenoxy) is 1. The molecule has 21 heavy (non-hydrogen) atoms. The lowest BCUT2D eigenvalue weighted by Gasteiger charge is -2.10. The van der Waals surface area contributed by atoms with E-state index in [1.165, 1.54) is 0 Å². The summed E-state index contributed by atoms with van der Waals surface area (Å²) in [7, 11) is -3.54. The highest BCUT2D eigenvalue weighted by Gasteiger charge is 2.24. The summed E-state index contributed by atoms with van der Waals surface area (Å²) in [5.41, 5.74) is 0. The molecule has 1 atom stereocenters. The molecule has 6 nitrogen and oxygen atoms in total. The summed E-state index contributed by atoms with van der Waals surface area (Å²) in [4.78, 5) is 0.216. The molecule has 2 rings (SSSR count). The Morgan fingerprint density at radius 1 is 1.43 bits per heavy atom. The molecule has 1 unspecified atom stereocenters. The number of nitrogens with one attached hydrogen (secondary N) is 2. The van der Waals surface area contributed by atoms with Crippen molar-refractivity contribution in [2.45, 2.75) is 50.7 Å². The fourth-order valence-electron chi connectivity index (χ4n) is 2.35. The van der Waals surface area contributed by atoms with E-state index in [-0.39, 0.29) is 11.0 Å². The molecule has 1 saturated heterocycles. The molecule has 1 fully saturated rings. The molecule has 120 valence electrons. The SMILES string of the molecule is CCCNCc1cc(S(=O)(=O)NCC2CCCO2)c(C)o1. The van der Waals surface area contributed by atoms with Crippen molar-refractivity contribution in [2.24, 2.45) is 0 Å². The molecule has 1 aromatic rings. The minimum Gasteiger partial charge on any atom is -0.464 e. The lowest BCUT2D eigenvalue weighted by Crippen LogP contribution is -2.31. The van der Waals surface area contributed by atoms with E-state index >= 15 is 0 Å². The first-order chi connectivity index (χ1) is 10.0. The van der Waals surface area contributed by atoms with Crippen molar-refractivity contribution in [1.82, 2.24) is 10.0 Å². The molecule has 0 aliphatic carbocycles. The number of furan rings is 1. The fourth-order valence-corrected chi connectivity index (χ4v) is 3.62. The van der Waals surface area contributed by atoms with Crippen LogP contribution in [0.4, 0.5) is 0 Å². The largest absolute Gasteiger partial charge is 0.464 e. The van der Waals surface area contributed by atoms with Gasteiger partial charge in [-0.1, -0.05) is 6.92 Å². The standard InChI is InChI=1S/C14H24N2O4S/c1-3-6-15-9-13-8-14(11(2)20-13)21(17,18)16-10-12-5-4-7-19-12/h8,12,15-16H,3-7,9-10H2,1-2H3. The Hall–Kier alpha value is -0.890. The van der Waals surface area contributed by atoms with Crippen molar-refractivity contribution in [1.29, 1.82) is 0 Å². The second-order valence-electron chi connectivity index (χ2n) is 5.30. The summed E-state index contributed by atoms with van der Waals surface area (Å²) >= 11 is 0. The number of rotatable bonds is 8. The quantitative estimate of drug-likeness (QED) is 0.711. The smallest absolute Gasteiger partial charge is 0.244 e. The summed E-state index contributed by atoms with van der Waals surface area (Å²) in [5, 5.41) is 3.19. The van der Waals surface area contributed by atoms with Gasteiger partial charge in [-0.3, -0.25) is 0 Å². The van der Waals surface area contributed by atoms with Crippen LogP contribution in [0.2, 0.25) is 0 Å². The minimum atomic E-state index is -3.54. The van der Waals surface area contributed by atoms with Gasteiger partial charge < -0.3 is 14.5 Å². The lowest BCUT2D eigenvalue weighted by molar-refractivity contribution is 0.114. The Labute approximate surface area is 126 Å². The molecule has 2 N–H and O–H groups in total. The van der Waals surface area contributed by atoms with Crippen LogP contribution in [0.1, 0.15) is 37.7 Å². The number of sulfonamides is 1. The summed E-state index contributed by atoms with van der Waals surface area (Å²) in [6.07, 6.45) is 2.90. The molecular formula is C14H24N2O4S. The van der Waals surface area contributed by atoms with Crippen molar-refractivity contribution in [3.63, 3.8) is 0 Å². The predicted octanol–water partition coefficient (Wildman–Crippen LogP) is 1.54.